The highest BCUT2D eigenvalue weighted by molar-refractivity contribution is 5.82. The number of piperidine rings is 1. The lowest BCUT2D eigenvalue weighted by Gasteiger charge is -2.20. The van der Waals surface area contributed by atoms with Crippen molar-refractivity contribution in [3.63, 3.8) is 0 Å². The summed E-state index contributed by atoms with van der Waals surface area (Å²) in [6.07, 6.45) is -9.82. The Hall–Kier alpha value is -1.52. The van der Waals surface area contributed by atoms with Gasteiger partial charge in [-0.3, -0.25) is 4.79 Å². The highest BCUT2D eigenvalue weighted by Crippen LogP contribution is 2.44. The van der Waals surface area contributed by atoms with Crippen LogP contribution in [0.25, 0.3) is 0 Å². The van der Waals surface area contributed by atoms with Gasteiger partial charge in [0.05, 0.1) is 0 Å². The number of hydrogen-bond acceptors (Lipinski definition) is 3. The lowest BCUT2D eigenvalue weighted by Crippen LogP contribution is -2.42. The van der Waals surface area contributed by atoms with E-state index in [-0.39, 0.29) is 31.0 Å². The van der Waals surface area contributed by atoms with Crippen LogP contribution in [0.2, 0.25) is 0 Å². The number of hydrogen-bond donors (Lipinski definition) is 2. The van der Waals surface area contributed by atoms with Gasteiger partial charge in [0.15, 0.2) is 0 Å². The van der Waals surface area contributed by atoms with Gasteiger partial charge in [0.1, 0.15) is 0 Å². The van der Waals surface area contributed by atoms with E-state index >= 15 is 0 Å². The minimum absolute atomic E-state index is 0.0114. The Kier molecular flexibility index (Phi) is 4.22. The molecule has 0 aromatic carbocycles. The summed E-state index contributed by atoms with van der Waals surface area (Å²) in [7, 11) is 0. The van der Waals surface area contributed by atoms with Gasteiger partial charge in [-0.2, -0.15) is 26.3 Å². The number of amides is 1. The van der Waals surface area contributed by atoms with E-state index in [1.54, 1.807) is 0 Å². The molecule has 3 atom stereocenters. The zero-order valence-electron chi connectivity index (χ0n) is 9.70. The molecule has 0 aromatic rings. The highest BCUT2D eigenvalue weighted by Gasteiger charge is 2.57. The number of rotatable bonds is 0. The minimum Gasteiger partial charge on any atom is -0.475 e. The molecular formula is C9H10F6N2O3. The van der Waals surface area contributed by atoms with Gasteiger partial charge in [-0.25, -0.2) is 4.79 Å². The second kappa shape index (κ2) is 5.11. The van der Waals surface area contributed by atoms with Gasteiger partial charge in [-0.05, 0) is 11.8 Å². The second-order valence-corrected chi connectivity index (χ2v) is 4.42. The third kappa shape index (κ3) is 3.74. The first-order chi connectivity index (χ1) is 8.85. The minimum atomic E-state index is -5.08. The molecule has 5 nitrogen and oxygen atoms in total. The number of nitrogens with zero attached hydrogens (tertiary/aromatic N) is 1. The van der Waals surface area contributed by atoms with E-state index in [2.05, 4.69) is 0 Å². The summed E-state index contributed by atoms with van der Waals surface area (Å²) in [4.78, 5) is 20.4. The number of fused-ring (bicyclic) bond motifs is 1. The maximum atomic E-state index is 11.9. The lowest BCUT2D eigenvalue weighted by atomic mass is 10.4. The summed E-state index contributed by atoms with van der Waals surface area (Å²) in [5, 5.41) is 7.12. The molecule has 0 radical (unpaired) electrons. The number of likely N-dealkylation sites (tertiary alicyclic amines) is 1. The summed E-state index contributed by atoms with van der Waals surface area (Å²) in [6, 6.07) is 0.0114. The molecule has 1 heterocycles. The average molecular weight is 308 g/mol. The van der Waals surface area contributed by atoms with Crippen LogP contribution < -0.4 is 5.73 Å². The number of aliphatic carboxylic acids is 1. The molecule has 1 aliphatic carbocycles. The molecule has 11 heteroatoms. The van der Waals surface area contributed by atoms with Crippen molar-refractivity contribution in [1.82, 2.24) is 4.90 Å². The van der Waals surface area contributed by atoms with Crippen LogP contribution in [0, 0.1) is 11.8 Å². The molecule has 0 spiro atoms. The topological polar surface area (TPSA) is 83.6 Å². The number of alkyl halides is 6. The van der Waals surface area contributed by atoms with E-state index < -0.39 is 24.2 Å². The van der Waals surface area contributed by atoms with Crippen LogP contribution in [0.15, 0.2) is 0 Å². The Morgan fingerprint density at radius 1 is 1.00 bits per heavy atom. The van der Waals surface area contributed by atoms with Gasteiger partial charge in [0.2, 0.25) is 0 Å². The summed E-state index contributed by atoms with van der Waals surface area (Å²) in [5.41, 5.74) is 5.52. The Morgan fingerprint density at radius 2 is 1.35 bits per heavy atom. The number of carbonyl (C=O) groups excluding carboxylic acids is 1. The van der Waals surface area contributed by atoms with Gasteiger partial charge in [-0.1, -0.05) is 0 Å². The van der Waals surface area contributed by atoms with Crippen molar-refractivity contribution < 1.29 is 41.0 Å². The lowest BCUT2D eigenvalue weighted by molar-refractivity contribution is -0.192. The molecule has 116 valence electrons. The normalized spacial score (nSPS) is 28.4. The van der Waals surface area contributed by atoms with E-state index in [1.807, 2.05) is 0 Å². The van der Waals surface area contributed by atoms with E-state index in [4.69, 9.17) is 15.6 Å². The molecule has 1 saturated carbocycles. The van der Waals surface area contributed by atoms with Gasteiger partial charge in [0.25, 0.3) is 0 Å². The van der Waals surface area contributed by atoms with Crippen LogP contribution in [0.4, 0.5) is 26.3 Å². The average Bonchev–Trinajstić information content (AvgIpc) is 2.74. The first kappa shape index (κ1) is 16.5. The summed E-state index contributed by atoms with van der Waals surface area (Å²) in [5.74, 6) is -4.28. The van der Waals surface area contributed by atoms with Crippen molar-refractivity contribution in [2.24, 2.45) is 17.6 Å². The molecule has 20 heavy (non-hydrogen) atoms. The second-order valence-electron chi connectivity index (χ2n) is 4.42. The van der Waals surface area contributed by atoms with Crippen LogP contribution in [0.1, 0.15) is 0 Å². The fourth-order valence-corrected chi connectivity index (χ4v) is 1.92. The van der Waals surface area contributed by atoms with Crippen LogP contribution in [-0.4, -0.2) is 53.4 Å². The number of halogens is 6. The molecule has 2 aliphatic rings. The van der Waals surface area contributed by atoms with Crippen LogP contribution in [-0.2, 0) is 9.59 Å². The number of carboxylic acid groups (broad SMARTS) is 1. The molecule has 1 saturated heterocycles. The number of carboxylic acids is 1. The molecule has 3 N–H and O–H groups in total. The van der Waals surface area contributed by atoms with Crippen molar-refractivity contribution in [3.8, 4) is 0 Å². The Balaban J connectivity index is 0.000000246. The smallest absolute Gasteiger partial charge is 0.475 e. The molecule has 2 fully saturated rings. The predicted octanol–water partition coefficient (Wildman–Crippen LogP) is 0.597. The Labute approximate surface area is 108 Å². The molecule has 0 bridgehead atoms. The maximum Gasteiger partial charge on any atom is 0.490 e. The van der Waals surface area contributed by atoms with Crippen LogP contribution in [0.5, 0.6) is 0 Å². The van der Waals surface area contributed by atoms with Crippen molar-refractivity contribution in [1.29, 1.82) is 0 Å². The molecule has 0 aromatic heterocycles. The summed E-state index contributed by atoms with van der Waals surface area (Å²) >= 11 is 0. The van der Waals surface area contributed by atoms with Gasteiger partial charge in [0, 0.05) is 19.1 Å². The molecule has 1 unspecified atom stereocenters. The first-order valence-electron chi connectivity index (χ1n) is 5.27. The number of carbonyl (C=O) groups is 2. The molecule has 1 amide bonds. The van der Waals surface area contributed by atoms with Gasteiger partial charge < -0.3 is 15.7 Å². The third-order valence-electron chi connectivity index (χ3n) is 3.03. The third-order valence-corrected chi connectivity index (χ3v) is 3.03. The number of nitrogens with two attached hydrogens (primary N) is 1. The quantitative estimate of drug-likeness (QED) is 0.642. The molecule has 2 rings (SSSR count). The van der Waals surface area contributed by atoms with Gasteiger partial charge >= 0.3 is 24.2 Å². The summed E-state index contributed by atoms with van der Waals surface area (Å²) in [6.45, 7) is 0.342. The van der Waals surface area contributed by atoms with E-state index in [0.717, 1.165) is 4.90 Å². The monoisotopic (exact) mass is 308 g/mol. The van der Waals surface area contributed by atoms with Crippen LogP contribution >= 0.6 is 0 Å². The van der Waals surface area contributed by atoms with Crippen molar-refractivity contribution in [2.75, 3.05) is 13.1 Å². The fourth-order valence-electron chi connectivity index (χ4n) is 1.92. The maximum absolute atomic E-state index is 11.9. The van der Waals surface area contributed by atoms with Crippen molar-refractivity contribution in [2.45, 2.75) is 18.4 Å². The van der Waals surface area contributed by atoms with E-state index in [1.165, 1.54) is 0 Å². The Morgan fingerprint density at radius 3 is 1.60 bits per heavy atom. The Bertz CT molecular complexity index is 395. The van der Waals surface area contributed by atoms with Crippen LogP contribution in [0.3, 0.4) is 0 Å². The molecule has 1 aliphatic heterocycles. The van der Waals surface area contributed by atoms with E-state index in [9.17, 15) is 31.1 Å². The fraction of sp³-hybridized carbons (Fsp3) is 0.778. The standard InChI is InChI=1S/C7H9F3N2O.C2HF3O2/c8-7(9,10)6(13)12-1-3-4(2-12)5(3)11;3-2(4,5)1(6)7/h3-5H,1-2,11H2;(H,6,7)/t3-,4+,5?;. The zero-order chi connectivity index (χ0) is 15.9. The SMILES string of the molecule is NC1[C@H]2CN(C(=O)C(F)(F)F)C[C@@H]12.O=C(O)C(F)(F)F. The zero-order valence-corrected chi connectivity index (χ0v) is 9.70. The van der Waals surface area contributed by atoms with Gasteiger partial charge in [-0.15, -0.1) is 0 Å². The molecular weight excluding hydrogens is 298 g/mol. The summed E-state index contributed by atoms with van der Waals surface area (Å²) < 4.78 is 67.5. The van der Waals surface area contributed by atoms with E-state index in [0.29, 0.717) is 0 Å². The van der Waals surface area contributed by atoms with Crippen molar-refractivity contribution >= 4 is 11.9 Å². The predicted molar refractivity (Wildman–Crippen MR) is 51.3 cm³/mol. The highest BCUT2D eigenvalue weighted by atomic mass is 19.4. The van der Waals surface area contributed by atoms with Crippen molar-refractivity contribution in [3.05, 3.63) is 0 Å². The first-order valence-corrected chi connectivity index (χ1v) is 5.27. The largest absolute Gasteiger partial charge is 0.490 e.